The summed E-state index contributed by atoms with van der Waals surface area (Å²) in [4.78, 5) is 23.6. The van der Waals surface area contributed by atoms with Gasteiger partial charge in [0.25, 0.3) is 0 Å². The summed E-state index contributed by atoms with van der Waals surface area (Å²) in [5.74, 6) is -0.143. The smallest absolute Gasteiger partial charge is 0.233 e. The van der Waals surface area contributed by atoms with Crippen LogP contribution in [0.15, 0.2) is 36.5 Å². The van der Waals surface area contributed by atoms with E-state index in [-0.39, 0.29) is 24.0 Å². The second kappa shape index (κ2) is 13.5. The zero-order chi connectivity index (χ0) is 22.6. The summed E-state index contributed by atoms with van der Waals surface area (Å²) in [5.41, 5.74) is 0. The topological polar surface area (TPSA) is 101 Å². The predicted molar refractivity (Wildman–Crippen MR) is 120 cm³/mol. The number of hydrogen-bond acceptors (Lipinski definition) is 5. The highest BCUT2D eigenvalue weighted by Gasteiger charge is 2.27. The molecule has 2 N–H and O–H groups in total. The maximum Gasteiger partial charge on any atom is 0.233 e. The van der Waals surface area contributed by atoms with Crippen LogP contribution >= 0.6 is 0 Å². The molecule has 0 radical (unpaired) electrons. The molecule has 0 heterocycles. The molecule has 0 fully saturated rings. The van der Waals surface area contributed by atoms with Gasteiger partial charge in [0.2, 0.25) is 15.9 Å². The quantitative estimate of drug-likeness (QED) is 0.318. The van der Waals surface area contributed by atoms with E-state index in [1.807, 2.05) is 29.0 Å². The third-order valence-electron chi connectivity index (χ3n) is 5.18. The van der Waals surface area contributed by atoms with Gasteiger partial charge in [-0.1, -0.05) is 63.5 Å². The molecule has 0 aromatic carbocycles. The van der Waals surface area contributed by atoms with Crippen molar-refractivity contribution in [3.63, 3.8) is 0 Å². The molecule has 4 atom stereocenters. The maximum atomic E-state index is 12.1. The van der Waals surface area contributed by atoms with E-state index in [2.05, 4.69) is 13.8 Å². The van der Waals surface area contributed by atoms with Crippen molar-refractivity contribution in [2.24, 2.45) is 17.8 Å². The van der Waals surface area contributed by atoms with Gasteiger partial charge in [-0.05, 0) is 43.6 Å². The molecule has 0 aromatic heterocycles. The Morgan fingerprint density at radius 2 is 2.03 bits per heavy atom. The van der Waals surface area contributed by atoms with Crippen LogP contribution in [0.25, 0.3) is 0 Å². The van der Waals surface area contributed by atoms with Crippen molar-refractivity contribution in [3.8, 4) is 0 Å². The van der Waals surface area contributed by atoms with Crippen molar-refractivity contribution < 1.29 is 23.1 Å². The Bertz CT molecular complexity index is 739. The first-order chi connectivity index (χ1) is 14.1. The summed E-state index contributed by atoms with van der Waals surface area (Å²) >= 11 is 0. The zero-order valence-electron chi connectivity index (χ0n) is 18.4. The maximum absolute atomic E-state index is 12.1. The lowest BCUT2D eigenvalue weighted by Crippen LogP contribution is -2.28. The van der Waals surface area contributed by atoms with Crippen molar-refractivity contribution in [2.45, 2.75) is 71.3 Å². The summed E-state index contributed by atoms with van der Waals surface area (Å²) in [7, 11) is -3.50. The van der Waals surface area contributed by atoms with Crippen LogP contribution in [0.5, 0.6) is 0 Å². The molecule has 0 saturated carbocycles. The van der Waals surface area contributed by atoms with E-state index in [1.165, 1.54) is 6.42 Å². The standard InChI is InChI=1S/C23H37NO5S/c1-4-5-10-18(2)17-20(25)14-15-21-19(13-16-22(21)26)11-8-6-7-9-12-23(27)24-30(3,28)29/h6,8,13-16,18-21,25H,4-5,7,9-12,17H2,1-3H3,(H,24,27)/b8-6-,15-14+/t18-,19-,20+,21+/m0/s1. The third-order valence-corrected chi connectivity index (χ3v) is 5.78. The van der Waals surface area contributed by atoms with Crippen molar-refractivity contribution in [1.29, 1.82) is 0 Å². The zero-order valence-corrected chi connectivity index (χ0v) is 19.2. The average Bonchev–Trinajstić information content (AvgIpc) is 2.99. The second-order valence-electron chi connectivity index (χ2n) is 8.28. The van der Waals surface area contributed by atoms with Crippen LogP contribution in [0.4, 0.5) is 0 Å². The molecule has 0 aromatic rings. The van der Waals surface area contributed by atoms with Gasteiger partial charge in [-0.2, -0.15) is 0 Å². The molecule has 0 saturated heterocycles. The minimum Gasteiger partial charge on any atom is -0.389 e. The van der Waals surface area contributed by atoms with Gasteiger partial charge in [-0.25, -0.2) is 8.42 Å². The Morgan fingerprint density at radius 1 is 1.30 bits per heavy atom. The minimum atomic E-state index is -3.50. The highest BCUT2D eigenvalue weighted by Crippen LogP contribution is 2.27. The summed E-state index contributed by atoms with van der Waals surface area (Å²) in [6.45, 7) is 4.31. The van der Waals surface area contributed by atoms with Gasteiger partial charge in [0.1, 0.15) is 0 Å². The fourth-order valence-electron chi connectivity index (χ4n) is 3.54. The number of nitrogens with one attached hydrogen (secondary N) is 1. The van der Waals surface area contributed by atoms with E-state index in [0.29, 0.717) is 31.6 Å². The van der Waals surface area contributed by atoms with Gasteiger partial charge in [0.15, 0.2) is 5.78 Å². The number of sulfonamides is 1. The van der Waals surface area contributed by atoms with E-state index in [9.17, 15) is 23.1 Å². The van der Waals surface area contributed by atoms with Gasteiger partial charge >= 0.3 is 0 Å². The number of amides is 1. The summed E-state index contributed by atoms with van der Waals surface area (Å²) in [6, 6.07) is 0. The molecule has 0 unspecified atom stereocenters. The molecule has 1 aliphatic rings. The molecule has 0 spiro atoms. The second-order valence-corrected chi connectivity index (χ2v) is 10.0. The van der Waals surface area contributed by atoms with Crippen LogP contribution in [0, 0.1) is 17.8 Å². The molecule has 6 nitrogen and oxygen atoms in total. The Hall–Kier alpha value is -1.73. The highest BCUT2D eigenvalue weighted by atomic mass is 32.2. The minimum absolute atomic E-state index is 0.0633. The largest absolute Gasteiger partial charge is 0.389 e. The molecular formula is C23H37NO5S. The summed E-state index contributed by atoms with van der Waals surface area (Å²) in [5, 5.41) is 10.2. The molecule has 1 amide bonds. The summed E-state index contributed by atoms with van der Waals surface area (Å²) in [6.07, 6.45) is 17.7. The Morgan fingerprint density at radius 3 is 2.70 bits per heavy atom. The van der Waals surface area contributed by atoms with E-state index in [0.717, 1.165) is 19.1 Å². The number of aliphatic hydroxyl groups is 1. The number of carbonyl (C=O) groups excluding carboxylic acids is 2. The Balaban J connectivity index is 2.39. The number of carbonyl (C=O) groups is 2. The molecule has 170 valence electrons. The van der Waals surface area contributed by atoms with Gasteiger partial charge < -0.3 is 5.11 Å². The lowest BCUT2D eigenvalue weighted by molar-refractivity contribution is -0.119. The van der Waals surface area contributed by atoms with Gasteiger partial charge in [-0.3, -0.25) is 14.3 Å². The van der Waals surface area contributed by atoms with Crippen LogP contribution in [0.2, 0.25) is 0 Å². The highest BCUT2D eigenvalue weighted by molar-refractivity contribution is 7.89. The lowest BCUT2D eigenvalue weighted by Gasteiger charge is -2.16. The van der Waals surface area contributed by atoms with Gasteiger partial charge in [-0.15, -0.1) is 0 Å². The summed E-state index contributed by atoms with van der Waals surface area (Å²) < 4.78 is 23.9. The van der Waals surface area contributed by atoms with Gasteiger partial charge in [0, 0.05) is 12.3 Å². The van der Waals surface area contributed by atoms with Crippen molar-refractivity contribution in [3.05, 3.63) is 36.5 Å². The van der Waals surface area contributed by atoms with Crippen LogP contribution in [0.1, 0.15) is 65.2 Å². The fourth-order valence-corrected chi connectivity index (χ4v) is 4.06. The lowest BCUT2D eigenvalue weighted by atomic mass is 9.90. The van der Waals surface area contributed by atoms with Crippen LogP contribution < -0.4 is 4.72 Å². The van der Waals surface area contributed by atoms with E-state index in [1.54, 1.807) is 12.2 Å². The normalized spacial score (nSPS) is 21.5. The molecular weight excluding hydrogens is 402 g/mol. The Kier molecular flexibility index (Phi) is 11.9. The fraction of sp³-hybridized carbons (Fsp3) is 0.652. The molecule has 7 heteroatoms. The van der Waals surface area contributed by atoms with Crippen LogP contribution in [0.3, 0.4) is 0 Å². The molecule has 1 rings (SSSR count). The number of aliphatic hydroxyl groups excluding tert-OH is 1. The van der Waals surface area contributed by atoms with E-state index >= 15 is 0 Å². The number of rotatable bonds is 14. The predicted octanol–water partition coefficient (Wildman–Crippen LogP) is 3.68. The first-order valence-corrected chi connectivity index (χ1v) is 12.8. The molecule has 30 heavy (non-hydrogen) atoms. The van der Waals surface area contributed by atoms with Crippen molar-refractivity contribution >= 4 is 21.7 Å². The van der Waals surface area contributed by atoms with Gasteiger partial charge in [0.05, 0.1) is 12.4 Å². The Labute approximate surface area is 181 Å². The molecule has 0 aliphatic heterocycles. The first-order valence-electron chi connectivity index (χ1n) is 10.9. The monoisotopic (exact) mass is 439 g/mol. The first kappa shape index (κ1) is 26.3. The van der Waals surface area contributed by atoms with Crippen molar-refractivity contribution in [2.75, 3.05) is 6.26 Å². The number of hydrogen-bond donors (Lipinski definition) is 2. The number of unbranched alkanes of at least 4 members (excludes halogenated alkanes) is 2. The van der Waals surface area contributed by atoms with E-state index in [4.69, 9.17) is 0 Å². The average molecular weight is 440 g/mol. The van der Waals surface area contributed by atoms with Crippen LogP contribution in [-0.4, -0.2) is 37.6 Å². The van der Waals surface area contributed by atoms with Crippen LogP contribution in [-0.2, 0) is 19.6 Å². The SMILES string of the molecule is CCCC[C@H](C)C[C@H](O)/C=C/[C@H]1C(=O)C=C[C@@H]1C/C=C\CCCC(=O)NS(C)(=O)=O. The van der Waals surface area contributed by atoms with E-state index < -0.39 is 22.0 Å². The molecule has 1 aliphatic carbocycles. The number of allylic oxidation sites excluding steroid dienone is 5. The number of ketones is 1. The molecule has 0 bridgehead atoms. The third kappa shape index (κ3) is 11.5. The van der Waals surface area contributed by atoms with Crippen molar-refractivity contribution in [1.82, 2.24) is 4.72 Å².